The van der Waals surface area contributed by atoms with E-state index in [-0.39, 0.29) is 11.3 Å². The normalized spacial score (nSPS) is 19.1. The number of phenols is 1. The summed E-state index contributed by atoms with van der Waals surface area (Å²) < 4.78 is 0. The molecule has 1 aromatic carbocycles. The van der Waals surface area contributed by atoms with Gasteiger partial charge < -0.3 is 15.1 Å². The van der Waals surface area contributed by atoms with Crippen molar-refractivity contribution in [3.8, 4) is 5.75 Å². The highest BCUT2D eigenvalue weighted by Crippen LogP contribution is 2.30. The third kappa shape index (κ3) is 3.25. The molecular weight excluding hydrogens is 252 g/mol. The molecule has 1 aromatic rings. The van der Waals surface area contributed by atoms with Crippen LogP contribution in [0.5, 0.6) is 5.75 Å². The number of aliphatic hydroxyl groups is 1. The first-order chi connectivity index (χ1) is 9.29. The molecule has 1 saturated heterocycles. The Balaban J connectivity index is 2.06. The van der Waals surface area contributed by atoms with Crippen molar-refractivity contribution >= 4 is 5.69 Å². The quantitative estimate of drug-likeness (QED) is 0.872. The molecule has 0 aliphatic carbocycles. The fraction of sp³-hybridized carbons (Fsp3) is 0.625. The molecule has 1 aliphatic heterocycles. The van der Waals surface area contributed by atoms with Crippen molar-refractivity contribution in [2.24, 2.45) is 0 Å². The molecule has 0 spiro atoms. The van der Waals surface area contributed by atoms with Crippen LogP contribution in [0.2, 0.25) is 0 Å². The van der Waals surface area contributed by atoms with Gasteiger partial charge in [-0.25, -0.2) is 0 Å². The van der Waals surface area contributed by atoms with Crippen LogP contribution in [0.4, 0.5) is 5.69 Å². The minimum absolute atomic E-state index is 0.177. The second kappa shape index (κ2) is 5.62. The van der Waals surface area contributed by atoms with Crippen LogP contribution >= 0.6 is 0 Å². The summed E-state index contributed by atoms with van der Waals surface area (Å²) in [5.74, 6) is 0.177. The van der Waals surface area contributed by atoms with Crippen molar-refractivity contribution in [2.45, 2.75) is 39.3 Å². The number of nitrogens with zero attached hydrogens (tertiary/aromatic N) is 2. The van der Waals surface area contributed by atoms with Gasteiger partial charge >= 0.3 is 0 Å². The SMILES string of the molecule is CC(O)c1ccc(N2CCN(C(C)(C)C)CC2)cc1O. The molecule has 20 heavy (non-hydrogen) atoms. The van der Waals surface area contributed by atoms with Gasteiger partial charge in [-0.1, -0.05) is 6.07 Å². The molecule has 0 radical (unpaired) electrons. The van der Waals surface area contributed by atoms with Gasteiger partial charge in [0.05, 0.1) is 6.10 Å². The van der Waals surface area contributed by atoms with E-state index in [0.29, 0.717) is 5.56 Å². The smallest absolute Gasteiger partial charge is 0.123 e. The fourth-order valence-corrected chi connectivity index (χ4v) is 2.72. The van der Waals surface area contributed by atoms with Gasteiger partial charge in [0.2, 0.25) is 0 Å². The summed E-state index contributed by atoms with van der Waals surface area (Å²) >= 11 is 0. The summed E-state index contributed by atoms with van der Waals surface area (Å²) in [6.07, 6.45) is -0.637. The first-order valence-corrected chi connectivity index (χ1v) is 7.30. The Hall–Kier alpha value is -1.26. The van der Waals surface area contributed by atoms with E-state index in [0.717, 1.165) is 31.9 Å². The molecular formula is C16H26N2O2. The average Bonchev–Trinajstić information content (AvgIpc) is 2.37. The van der Waals surface area contributed by atoms with Crippen LogP contribution < -0.4 is 4.90 Å². The highest BCUT2D eigenvalue weighted by molar-refractivity contribution is 5.54. The van der Waals surface area contributed by atoms with Crippen molar-refractivity contribution in [2.75, 3.05) is 31.1 Å². The van der Waals surface area contributed by atoms with E-state index in [2.05, 4.69) is 30.6 Å². The van der Waals surface area contributed by atoms with Crippen LogP contribution in [0.25, 0.3) is 0 Å². The Labute approximate surface area is 121 Å². The van der Waals surface area contributed by atoms with E-state index in [9.17, 15) is 10.2 Å². The summed E-state index contributed by atoms with van der Waals surface area (Å²) in [4.78, 5) is 4.77. The Kier molecular flexibility index (Phi) is 4.25. The molecule has 1 heterocycles. The molecule has 1 aliphatic rings. The Morgan fingerprint density at radius 1 is 1.10 bits per heavy atom. The van der Waals surface area contributed by atoms with Crippen LogP contribution in [-0.2, 0) is 0 Å². The van der Waals surface area contributed by atoms with Gasteiger partial charge in [0, 0.05) is 49.0 Å². The van der Waals surface area contributed by atoms with Gasteiger partial charge in [0.1, 0.15) is 5.75 Å². The number of anilines is 1. The topological polar surface area (TPSA) is 46.9 Å². The largest absolute Gasteiger partial charge is 0.507 e. The molecule has 112 valence electrons. The number of rotatable bonds is 2. The number of hydrogen-bond acceptors (Lipinski definition) is 4. The zero-order chi connectivity index (χ0) is 14.9. The minimum atomic E-state index is -0.637. The monoisotopic (exact) mass is 278 g/mol. The van der Waals surface area contributed by atoms with Crippen LogP contribution in [-0.4, -0.2) is 46.8 Å². The number of benzene rings is 1. The molecule has 0 bridgehead atoms. The van der Waals surface area contributed by atoms with Gasteiger partial charge in [0.25, 0.3) is 0 Å². The number of piperazine rings is 1. The lowest BCUT2D eigenvalue weighted by molar-refractivity contribution is 0.128. The molecule has 1 fully saturated rings. The van der Waals surface area contributed by atoms with Gasteiger partial charge in [-0.05, 0) is 33.8 Å². The summed E-state index contributed by atoms with van der Waals surface area (Å²) in [6.45, 7) is 12.4. The van der Waals surface area contributed by atoms with Crippen molar-refractivity contribution in [3.63, 3.8) is 0 Å². The van der Waals surface area contributed by atoms with Crippen molar-refractivity contribution < 1.29 is 10.2 Å². The Morgan fingerprint density at radius 3 is 2.15 bits per heavy atom. The molecule has 2 rings (SSSR count). The standard InChI is InChI=1S/C16H26N2O2/c1-12(19)14-6-5-13(11-15(14)20)17-7-9-18(10-8-17)16(2,3)4/h5-6,11-12,19-20H,7-10H2,1-4H3. The summed E-state index contributed by atoms with van der Waals surface area (Å²) in [5, 5.41) is 19.5. The molecule has 2 N–H and O–H groups in total. The maximum Gasteiger partial charge on any atom is 0.123 e. The predicted octanol–water partition coefficient (Wildman–Crippen LogP) is 2.37. The second-order valence-electron chi connectivity index (χ2n) is 6.56. The van der Waals surface area contributed by atoms with Gasteiger partial charge in [-0.2, -0.15) is 0 Å². The number of hydrogen-bond donors (Lipinski definition) is 2. The molecule has 4 heteroatoms. The van der Waals surface area contributed by atoms with E-state index in [1.807, 2.05) is 12.1 Å². The van der Waals surface area contributed by atoms with Crippen LogP contribution in [0.3, 0.4) is 0 Å². The molecule has 4 nitrogen and oxygen atoms in total. The van der Waals surface area contributed by atoms with Crippen molar-refractivity contribution in [3.05, 3.63) is 23.8 Å². The zero-order valence-corrected chi connectivity index (χ0v) is 12.9. The first kappa shape index (κ1) is 15.1. The molecule has 0 aromatic heterocycles. The fourth-order valence-electron chi connectivity index (χ4n) is 2.72. The van der Waals surface area contributed by atoms with Crippen molar-refractivity contribution in [1.29, 1.82) is 0 Å². The number of phenolic OH excluding ortho intramolecular Hbond substituents is 1. The van der Waals surface area contributed by atoms with Gasteiger partial charge in [-0.3, -0.25) is 4.90 Å². The highest BCUT2D eigenvalue weighted by Gasteiger charge is 2.26. The molecule has 0 amide bonds. The lowest BCUT2D eigenvalue weighted by Crippen LogP contribution is -2.53. The van der Waals surface area contributed by atoms with Crippen LogP contribution in [0.15, 0.2) is 18.2 Å². The summed E-state index contributed by atoms with van der Waals surface area (Å²) in [5.41, 5.74) is 1.83. The number of aliphatic hydroxyl groups excluding tert-OH is 1. The van der Waals surface area contributed by atoms with Crippen molar-refractivity contribution in [1.82, 2.24) is 4.90 Å². The molecule has 1 unspecified atom stereocenters. The minimum Gasteiger partial charge on any atom is -0.507 e. The number of aromatic hydroxyl groups is 1. The third-order valence-electron chi connectivity index (χ3n) is 4.06. The second-order valence-corrected chi connectivity index (χ2v) is 6.56. The van der Waals surface area contributed by atoms with Gasteiger partial charge in [0.15, 0.2) is 0 Å². The maximum atomic E-state index is 9.98. The zero-order valence-electron chi connectivity index (χ0n) is 12.9. The Morgan fingerprint density at radius 2 is 1.70 bits per heavy atom. The van der Waals surface area contributed by atoms with E-state index < -0.39 is 6.10 Å². The average molecular weight is 278 g/mol. The van der Waals surface area contributed by atoms with Crippen LogP contribution in [0, 0.1) is 0 Å². The highest BCUT2D eigenvalue weighted by atomic mass is 16.3. The third-order valence-corrected chi connectivity index (χ3v) is 4.06. The Bertz CT molecular complexity index is 458. The first-order valence-electron chi connectivity index (χ1n) is 7.30. The van der Waals surface area contributed by atoms with Gasteiger partial charge in [-0.15, -0.1) is 0 Å². The van der Waals surface area contributed by atoms with E-state index in [1.165, 1.54) is 0 Å². The molecule has 0 saturated carbocycles. The summed E-state index contributed by atoms with van der Waals surface area (Å²) in [7, 11) is 0. The van der Waals surface area contributed by atoms with E-state index in [1.54, 1.807) is 13.0 Å². The molecule has 1 atom stereocenters. The predicted molar refractivity (Wildman–Crippen MR) is 82.3 cm³/mol. The lowest BCUT2D eigenvalue weighted by Gasteiger charge is -2.43. The lowest BCUT2D eigenvalue weighted by atomic mass is 10.0. The maximum absolute atomic E-state index is 9.98. The van der Waals surface area contributed by atoms with Crippen LogP contribution in [0.1, 0.15) is 39.4 Å². The summed E-state index contributed by atoms with van der Waals surface area (Å²) in [6, 6.07) is 5.55. The van der Waals surface area contributed by atoms with E-state index in [4.69, 9.17) is 0 Å². The van der Waals surface area contributed by atoms with E-state index >= 15 is 0 Å².